The smallest absolute Gasteiger partial charge is 0.255 e. The van der Waals surface area contributed by atoms with E-state index in [4.69, 9.17) is 0 Å². The van der Waals surface area contributed by atoms with Crippen LogP contribution in [0.25, 0.3) is 0 Å². The number of hydrogen-bond acceptors (Lipinski definition) is 5. The number of pyridine rings is 1. The number of rotatable bonds is 6. The number of likely N-dealkylation sites (tertiary alicyclic amines) is 1. The lowest BCUT2D eigenvalue weighted by molar-refractivity contribution is 0.0684. The van der Waals surface area contributed by atoms with Crippen LogP contribution in [0.5, 0.6) is 0 Å². The number of benzene rings is 1. The largest absolute Gasteiger partial charge is 0.352 e. The van der Waals surface area contributed by atoms with E-state index in [9.17, 15) is 18.0 Å². The summed E-state index contributed by atoms with van der Waals surface area (Å²) in [7, 11) is -0.588. The second-order valence-electron chi connectivity index (χ2n) is 7.50. The number of sulfonamides is 1. The van der Waals surface area contributed by atoms with Crippen LogP contribution in [0.2, 0.25) is 0 Å². The summed E-state index contributed by atoms with van der Waals surface area (Å²) >= 11 is 0. The summed E-state index contributed by atoms with van der Waals surface area (Å²) in [5.41, 5.74) is 1.00. The SMILES string of the molecule is CN(C)S(=O)(=O)c1ccc(C(=O)NCC2CCN(C(=O)c3cccnc3)CC2)cc1. The van der Waals surface area contributed by atoms with Gasteiger partial charge in [0, 0.05) is 51.7 Å². The summed E-state index contributed by atoms with van der Waals surface area (Å²) in [6.07, 6.45) is 4.84. The highest BCUT2D eigenvalue weighted by Gasteiger charge is 2.24. The number of nitrogens with one attached hydrogen (secondary N) is 1. The fourth-order valence-corrected chi connectivity index (χ4v) is 4.24. The molecule has 8 nitrogen and oxygen atoms in total. The summed E-state index contributed by atoms with van der Waals surface area (Å²) in [6.45, 7) is 1.81. The minimum Gasteiger partial charge on any atom is -0.352 e. The van der Waals surface area contributed by atoms with E-state index in [2.05, 4.69) is 10.3 Å². The predicted octanol–water partition coefficient (Wildman–Crippen LogP) is 1.61. The molecule has 2 amide bonds. The second kappa shape index (κ2) is 9.36. The number of hydrogen-bond donors (Lipinski definition) is 1. The van der Waals surface area contributed by atoms with Gasteiger partial charge in [0.25, 0.3) is 11.8 Å². The van der Waals surface area contributed by atoms with Gasteiger partial charge in [-0.05, 0) is 55.2 Å². The van der Waals surface area contributed by atoms with Crippen molar-refractivity contribution in [3.05, 3.63) is 59.9 Å². The molecular weight excluding hydrogens is 404 g/mol. The molecule has 160 valence electrons. The van der Waals surface area contributed by atoms with Gasteiger partial charge in [0.2, 0.25) is 10.0 Å². The van der Waals surface area contributed by atoms with Gasteiger partial charge >= 0.3 is 0 Å². The molecule has 0 unspecified atom stereocenters. The van der Waals surface area contributed by atoms with Gasteiger partial charge in [0.05, 0.1) is 10.5 Å². The van der Waals surface area contributed by atoms with E-state index in [1.165, 1.54) is 38.4 Å². The molecule has 2 heterocycles. The highest BCUT2D eigenvalue weighted by molar-refractivity contribution is 7.89. The molecule has 1 aromatic carbocycles. The molecular formula is C21H26N4O4S. The van der Waals surface area contributed by atoms with Crippen molar-refractivity contribution >= 4 is 21.8 Å². The zero-order chi connectivity index (χ0) is 21.7. The van der Waals surface area contributed by atoms with Crippen molar-refractivity contribution in [2.24, 2.45) is 5.92 Å². The Hall–Kier alpha value is -2.78. The van der Waals surface area contributed by atoms with Crippen LogP contribution >= 0.6 is 0 Å². The highest BCUT2D eigenvalue weighted by atomic mass is 32.2. The van der Waals surface area contributed by atoms with Crippen LogP contribution in [0.4, 0.5) is 0 Å². The first-order valence-corrected chi connectivity index (χ1v) is 11.2. The molecule has 30 heavy (non-hydrogen) atoms. The van der Waals surface area contributed by atoms with Crippen LogP contribution in [0.3, 0.4) is 0 Å². The van der Waals surface area contributed by atoms with Gasteiger partial charge in [-0.15, -0.1) is 0 Å². The normalized spacial score (nSPS) is 15.2. The van der Waals surface area contributed by atoms with Crippen molar-refractivity contribution in [1.29, 1.82) is 0 Å². The molecule has 0 bridgehead atoms. The number of piperidine rings is 1. The summed E-state index contributed by atoms with van der Waals surface area (Å²) < 4.78 is 25.3. The Kier molecular flexibility index (Phi) is 6.84. The van der Waals surface area contributed by atoms with E-state index in [0.29, 0.717) is 36.7 Å². The highest BCUT2D eigenvalue weighted by Crippen LogP contribution is 2.19. The van der Waals surface area contributed by atoms with Gasteiger partial charge in [0.15, 0.2) is 0 Å². The minimum absolute atomic E-state index is 0.0154. The van der Waals surface area contributed by atoms with Crippen molar-refractivity contribution in [2.45, 2.75) is 17.7 Å². The maximum absolute atomic E-state index is 12.5. The summed E-state index contributed by atoms with van der Waals surface area (Å²) in [5.74, 6) is 0.0382. The molecule has 1 aliphatic rings. The maximum atomic E-state index is 12.5. The van der Waals surface area contributed by atoms with Crippen molar-refractivity contribution < 1.29 is 18.0 Å². The van der Waals surface area contributed by atoms with Gasteiger partial charge in [0.1, 0.15) is 0 Å². The molecule has 1 fully saturated rings. The van der Waals surface area contributed by atoms with Crippen LogP contribution < -0.4 is 5.32 Å². The zero-order valence-electron chi connectivity index (χ0n) is 17.1. The van der Waals surface area contributed by atoms with Crippen LogP contribution in [-0.2, 0) is 10.0 Å². The van der Waals surface area contributed by atoms with E-state index in [1.807, 2.05) is 4.90 Å². The Balaban J connectivity index is 1.49. The van der Waals surface area contributed by atoms with Crippen molar-refractivity contribution in [3.8, 4) is 0 Å². The predicted molar refractivity (Wildman–Crippen MR) is 113 cm³/mol. The molecule has 1 saturated heterocycles. The Morgan fingerprint density at radius 2 is 1.77 bits per heavy atom. The number of amides is 2. The minimum atomic E-state index is -3.52. The van der Waals surface area contributed by atoms with Crippen LogP contribution in [0.1, 0.15) is 33.6 Å². The number of aromatic nitrogens is 1. The molecule has 0 aliphatic carbocycles. The number of nitrogens with zero attached hydrogens (tertiary/aromatic N) is 3. The van der Waals surface area contributed by atoms with E-state index in [0.717, 1.165) is 17.1 Å². The van der Waals surface area contributed by atoms with E-state index in [-0.39, 0.29) is 16.7 Å². The topological polar surface area (TPSA) is 99.7 Å². The van der Waals surface area contributed by atoms with Crippen molar-refractivity contribution in [2.75, 3.05) is 33.7 Å². The first-order chi connectivity index (χ1) is 14.3. The third kappa shape index (κ3) is 5.03. The fraction of sp³-hybridized carbons (Fsp3) is 0.381. The molecule has 2 aromatic rings. The lowest BCUT2D eigenvalue weighted by Gasteiger charge is -2.32. The Morgan fingerprint density at radius 1 is 1.10 bits per heavy atom. The van der Waals surface area contributed by atoms with Crippen molar-refractivity contribution in [3.63, 3.8) is 0 Å². The van der Waals surface area contributed by atoms with Crippen molar-refractivity contribution in [1.82, 2.24) is 19.5 Å². The van der Waals surface area contributed by atoms with E-state index >= 15 is 0 Å². The lowest BCUT2D eigenvalue weighted by atomic mass is 9.96. The van der Waals surface area contributed by atoms with Crippen LogP contribution in [0, 0.1) is 5.92 Å². The molecule has 9 heteroatoms. The van der Waals surface area contributed by atoms with Crippen LogP contribution in [-0.4, -0.2) is 68.2 Å². The molecule has 1 aromatic heterocycles. The third-order valence-corrected chi connectivity index (χ3v) is 7.09. The quantitative estimate of drug-likeness (QED) is 0.751. The summed E-state index contributed by atoms with van der Waals surface area (Å²) in [6, 6.07) is 9.41. The van der Waals surface area contributed by atoms with Gasteiger partial charge < -0.3 is 10.2 Å². The zero-order valence-corrected chi connectivity index (χ0v) is 17.9. The first kappa shape index (κ1) is 21.9. The molecule has 0 spiro atoms. The average molecular weight is 431 g/mol. The Morgan fingerprint density at radius 3 is 2.33 bits per heavy atom. The Bertz CT molecular complexity index is 983. The van der Waals surface area contributed by atoms with E-state index in [1.54, 1.807) is 24.5 Å². The molecule has 0 saturated carbocycles. The number of carbonyl (C=O) groups is 2. The summed E-state index contributed by atoms with van der Waals surface area (Å²) in [5, 5.41) is 2.91. The van der Waals surface area contributed by atoms with Crippen LogP contribution in [0.15, 0.2) is 53.7 Å². The fourth-order valence-electron chi connectivity index (χ4n) is 3.34. The Labute approximate surface area is 177 Å². The van der Waals surface area contributed by atoms with Gasteiger partial charge in [-0.3, -0.25) is 14.6 Å². The monoisotopic (exact) mass is 430 g/mol. The lowest BCUT2D eigenvalue weighted by Crippen LogP contribution is -2.41. The molecule has 0 radical (unpaired) electrons. The average Bonchev–Trinajstić information content (AvgIpc) is 2.78. The van der Waals surface area contributed by atoms with E-state index < -0.39 is 10.0 Å². The second-order valence-corrected chi connectivity index (χ2v) is 9.65. The molecule has 1 N–H and O–H groups in total. The molecule has 1 aliphatic heterocycles. The standard InChI is InChI=1S/C21H26N4O4S/c1-24(2)30(28,29)19-7-5-17(6-8-19)20(26)23-14-16-9-12-25(13-10-16)21(27)18-4-3-11-22-15-18/h3-8,11,15-16H,9-10,12-14H2,1-2H3,(H,23,26). The van der Waals surface area contributed by atoms with Gasteiger partial charge in [-0.2, -0.15) is 0 Å². The maximum Gasteiger partial charge on any atom is 0.255 e. The van der Waals surface area contributed by atoms with Gasteiger partial charge in [-0.25, -0.2) is 12.7 Å². The third-order valence-electron chi connectivity index (χ3n) is 5.26. The molecule has 0 atom stereocenters. The summed E-state index contributed by atoms with van der Waals surface area (Å²) in [4.78, 5) is 30.8. The first-order valence-electron chi connectivity index (χ1n) is 9.79. The van der Waals surface area contributed by atoms with Gasteiger partial charge in [-0.1, -0.05) is 0 Å². The molecule has 3 rings (SSSR count). The number of carbonyl (C=O) groups excluding carboxylic acids is 2.